The van der Waals surface area contributed by atoms with E-state index in [1.54, 1.807) is 11.3 Å². The van der Waals surface area contributed by atoms with Gasteiger partial charge in [0.15, 0.2) is 0 Å². The van der Waals surface area contributed by atoms with Crippen molar-refractivity contribution in [1.82, 2.24) is 0 Å². The Balaban J connectivity index is 2.01. The molecule has 0 amide bonds. The molecule has 16 heavy (non-hydrogen) atoms. The van der Waals surface area contributed by atoms with Crippen LogP contribution in [0.1, 0.15) is 0 Å². The fourth-order valence-corrected chi connectivity index (χ4v) is 2.64. The summed E-state index contributed by atoms with van der Waals surface area (Å²) in [6.07, 6.45) is 0. The first kappa shape index (κ1) is 9.43. The summed E-state index contributed by atoms with van der Waals surface area (Å²) in [6, 6.07) is 18.7. The van der Waals surface area contributed by atoms with Crippen molar-refractivity contribution < 1.29 is 0 Å². The molecular weight excluding hydrogens is 214 g/mol. The van der Waals surface area contributed by atoms with E-state index in [1.165, 1.54) is 15.8 Å². The average Bonchev–Trinajstić information content (AvgIpc) is 2.74. The molecule has 1 N–H and O–H groups in total. The molecule has 0 radical (unpaired) electrons. The molecule has 0 fully saturated rings. The van der Waals surface area contributed by atoms with Crippen molar-refractivity contribution in [2.24, 2.45) is 0 Å². The SMILES string of the molecule is c1ccc(Nc2csc3ccccc23)cc1. The normalized spacial score (nSPS) is 10.5. The van der Waals surface area contributed by atoms with Gasteiger partial charge in [0.2, 0.25) is 0 Å². The van der Waals surface area contributed by atoms with Gasteiger partial charge in [0.05, 0.1) is 5.69 Å². The van der Waals surface area contributed by atoms with Crippen molar-refractivity contribution in [2.75, 3.05) is 5.32 Å². The molecule has 0 saturated heterocycles. The number of benzene rings is 2. The maximum Gasteiger partial charge on any atom is 0.0572 e. The third-order valence-electron chi connectivity index (χ3n) is 2.53. The molecule has 2 aromatic carbocycles. The van der Waals surface area contributed by atoms with E-state index >= 15 is 0 Å². The topological polar surface area (TPSA) is 12.0 Å². The highest BCUT2D eigenvalue weighted by atomic mass is 32.1. The maximum absolute atomic E-state index is 3.44. The Morgan fingerprint density at radius 2 is 1.56 bits per heavy atom. The monoisotopic (exact) mass is 225 g/mol. The molecule has 0 spiro atoms. The minimum atomic E-state index is 1.13. The lowest BCUT2D eigenvalue weighted by atomic mass is 10.2. The minimum Gasteiger partial charge on any atom is -0.354 e. The van der Waals surface area contributed by atoms with Crippen molar-refractivity contribution in [3.63, 3.8) is 0 Å². The first-order valence-electron chi connectivity index (χ1n) is 5.22. The van der Waals surface area contributed by atoms with Gasteiger partial charge in [0.25, 0.3) is 0 Å². The summed E-state index contributed by atoms with van der Waals surface area (Å²) in [7, 11) is 0. The molecule has 2 heteroatoms. The predicted octanol–water partition coefficient (Wildman–Crippen LogP) is 4.64. The molecule has 1 nitrogen and oxygen atoms in total. The maximum atomic E-state index is 3.44. The fraction of sp³-hybridized carbons (Fsp3) is 0. The Bertz CT molecular complexity index is 598. The van der Waals surface area contributed by atoms with Crippen LogP contribution in [0.25, 0.3) is 10.1 Å². The van der Waals surface area contributed by atoms with Gasteiger partial charge in [-0.2, -0.15) is 0 Å². The second kappa shape index (κ2) is 3.99. The number of anilines is 2. The molecule has 0 saturated carbocycles. The molecule has 0 aliphatic rings. The third-order valence-corrected chi connectivity index (χ3v) is 3.50. The van der Waals surface area contributed by atoms with Crippen LogP contribution in [0.4, 0.5) is 11.4 Å². The van der Waals surface area contributed by atoms with E-state index in [-0.39, 0.29) is 0 Å². The van der Waals surface area contributed by atoms with Gasteiger partial charge in [-0.15, -0.1) is 11.3 Å². The van der Waals surface area contributed by atoms with Gasteiger partial charge < -0.3 is 5.32 Å². The largest absolute Gasteiger partial charge is 0.354 e. The van der Waals surface area contributed by atoms with Crippen LogP contribution in [0.2, 0.25) is 0 Å². The first-order valence-corrected chi connectivity index (χ1v) is 6.10. The fourth-order valence-electron chi connectivity index (χ4n) is 1.75. The summed E-state index contributed by atoms with van der Waals surface area (Å²) in [5.41, 5.74) is 2.32. The molecule has 1 heterocycles. The zero-order valence-electron chi connectivity index (χ0n) is 8.68. The first-order chi connectivity index (χ1) is 7.93. The van der Waals surface area contributed by atoms with Gasteiger partial charge in [-0.25, -0.2) is 0 Å². The van der Waals surface area contributed by atoms with E-state index in [0.717, 1.165) is 5.69 Å². The molecule has 0 aliphatic heterocycles. The van der Waals surface area contributed by atoms with Crippen LogP contribution in [0, 0.1) is 0 Å². The van der Waals surface area contributed by atoms with Crippen LogP contribution >= 0.6 is 11.3 Å². The summed E-state index contributed by atoms with van der Waals surface area (Å²) in [5.74, 6) is 0. The average molecular weight is 225 g/mol. The van der Waals surface area contributed by atoms with Gasteiger partial charge in [-0.1, -0.05) is 36.4 Å². The molecule has 0 aliphatic carbocycles. The summed E-state index contributed by atoms with van der Waals surface area (Å²) in [5, 5.41) is 6.89. The second-order valence-corrected chi connectivity index (χ2v) is 4.55. The smallest absolute Gasteiger partial charge is 0.0572 e. The lowest BCUT2D eigenvalue weighted by molar-refractivity contribution is 1.60. The Hall–Kier alpha value is -1.80. The Labute approximate surface area is 98.4 Å². The van der Waals surface area contributed by atoms with E-state index in [0.29, 0.717) is 0 Å². The number of hydrogen-bond acceptors (Lipinski definition) is 2. The lowest BCUT2D eigenvalue weighted by Crippen LogP contribution is -1.87. The number of thiophene rings is 1. The molecule has 3 rings (SSSR count). The van der Waals surface area contributed by atoms with E-state index in [1.807, 2.05) is 18.2 Å². The number of para-hydroxylation sites is 1. The molecular formula is C14H11NS. The Kier molecular flexibility index (Phi) is 2.35. The molecule has 0 bridgehead atoms. The van der Waals surface area contributed by atoms with Crippen molar-refractivity contribution in [3.05, 3.63) is 60.0 Å². The molecule has 0 atom stereocenters. The number of fused-ring (bicyclic) bond motifs is 1. The van der Waals surface area contributed by atoms with Crippen LogP contribution in [0.3, 0.4) is 0 Å². The van der Waals surface area contributed by atoms with Crippen LogP contribution < -0.4 is 5.32 Å². The summed E-state index contributed by atoms with van der Waals surface area (Å²) in [6.45, 7) is 0. The summed E-state index contributed by atoms with van der Waals surface area (Å²) in [4.78, 5) is 0. The highest BCUT2D eigenvalue weighted by Crippen LogP contribution is 2.31. The number of hydrogen-bond donors (Lipinski definition) is 1. The van der Waals surface area contributed by atoms with E-state index in [9.17, 15) is 0 Å². The second-order valence-electron chi connectivity index (χ2n) is 3.64. The summed E-state index contributed by atoms with van der Waals surface area (Å²) < 4.78 is 1.32. The van der Waals surface area contributed by atoms with Gasteiger partial charge >= 0.3 is 0 Å². The van der Waals surface area contributed by atoms with Crippen LogP contribution in [0.15, 0.2) is 60.0 Å². The zero-order valence-corrected chi connectivity index (χ0v) is 9.50. The third kappa shape index (κ3) is 1.68. The van der Waals surface area contributed by atoms with Crippen LogP contribution in [-0.4, -0.2) is 0 Å². The van der Waals surface area contributed by atoms with Crippen molar-refractivity contribution in [2.45, 2.75) is 0 Å². The van der Waals surface area contributed by atoms with Crippen molar-refractivity contribution >= 4 is 32.8 Å². The Morgan fingerprint density at radius 3 is 2.44 bits per heavy atom. The van der Waals surface area contributed by atoms with E-state index < -0.39 is 0 Å². The number of rotatable bonds is 2. The van der Waals surface area contributed by atoms with Crippen LogP contribution in [-0.2, 0) is 0 Å². The van der Waals surface area contributed by atoms with Gasteiger partial charge in [0.1, 0.15) is 0 Å². The number of nitrogens with one attached hydrogen (secondary N) is 1. The quantitative estimate of drug-likeness (QED) is 0.669. The van der Waals surface area contributed by atoms with Crippen LogP contribution in [0.5, 0.6) is 0 Å². The molecule has 0 unspecified atom stereocenters. The summed E-state index contributed by atoms with van der Waals surface area (Å²) >= 11 is 1.77. The predicted molar refractivity (Wildman–Crippen MR) is 71.5 cm³/mol. The van der Waals surface area contributed by atoms with Crippen molar-refractivity contribution in [3.8, 4) is 0 Å². The van der Waals surface area contributed by atoms with Gasteiger partial charge in [0, 0.05) is 21.2 Å². The molecule has 3 aromatic rings. The van der Waals surface area contributed by atoms with Gasteiger partial charge in [-0.3, -0.25) is 0 Å². The highest BCUT2D eigenvalue weighted by molar-refractivity contribution is 7.17. The zero-order chi connectivity index (χ0) is 10.8. The minimum absolute atomic E-state index is 1.13. The standard InChI is InChI=1S/C14H11NS/c1-2-6-11(7-3-1)15-13-10-16-14-9-5-4-8-12(13)14/h1-10,15H. The van der Waals surface area contributed by atoms with Gasteiger partial charge in [-0.05, 0) is 18.2 Å². The van der Waals surface area contributed by atoms with E-state index in [2.05, 4.69) is 47.1 Å². The molecule has 1 aromatic heterocycles. The van der Waals surface area contributed by atoms with Crippen molar-refractivity contribution in [1.29, 1.82) is 0 Å². The lowest BCUT2D eigenvalue weighted by Gasteiger charge is -2.04. The highest BCUT2D eigenvalue weighted by Gasteiger charge is 2.02. The Morgan fingerprint density at radius 1 is 0.812 bits per heavy atom. The van der Waals surface area contributed by atoms with E-state index in [4.69, 9.17) is 0 Å². The molecule has 78 valence electrons.